The normalized spacial score (nSPS) is 14.8. The van der Waals surface area contributed by atoms with Crippen LogP contribution in [0, 0.1) is 0 Å². The van der Waals surface area contributed by atoms with Crippen LogP contribution in [-0.4, -0.2) is 25.2 Å². The SMILES string of the molecule is CCC(C)n1ccc(CC(N)c2cn[nH]n2)n1. The molecule has 0 aliphatic carbocycles. The van der Waals surface area contributed by atoms with Crippen LogP contribution in [0.25, 0.3) is 0 Å². The highest BCUT2D eigenvalue weighted by Crippen LogP contribution is 2.14. The maximum Gasteiger partial charge on any atom is 0.0995 e. The minimum atomic E-state index is -0.158. The van der Waals surface area contributed by atoms with Gasteiger partial charge in [-0.2, -0.15) is 20.5 Å². The van der Waals surface area contributed by atoms with Gasteiger partial charge in [0, 0.05) is 18.7 Å². The fourth-order valence-electron chi connectivity index (χ4n) is 1.64. The highest BCUT2D eigenvalue weighted by molar-refractivity contribution is 5.07. The monoisotopic (exact) mass is 234 g/mol. The molecule has 0 radical (unpaired) electrons. The first kappa shape index (κ1) is 11.8. The number of hydrogen-bond acceptors (Lipinski definition) is 4. The molecule has 0 bridgehead atoms. The highest BCUT2D eigenvalue weighted by Gasteiger charge is 2.12. The van der Waals surface area contributed by atoms with E-state index in [-0.39, 0.29) is 6.04 Å². The second-order valence-electron chi connectivity index (χ2n) is 4.25. The van der Waals surface area contributed by atoms with E-state index in [1.54, 1.807) is 6.20 Å². The summed E-state index contributed by atoms with van der Waals surface area (Å²) in [4.78, 5) is 0. The molecule has 2 atom stereocenters. The minimum Gasteiger partial charge on any atom is -0.322 e. The predicted octanol–water partition coefficient (Wildman–Crippen LogP) is 1.21. The van der Waals surface area contributed by atoms with E-state index in [0.29, 0.717) is 12.5 Å². The second kappa shape index (κ2) is 5.09. The van der Waals surface area contributed by atoms with Gasteiger partial charge >= 0.3 is 0 Å². The van der Waals surface area contributed by atoms with E-state index >= 15 is 0 Å². The molecule has 2 unspecified atom stereocenters. The third kappa shape index (κ3) is 2.71. The molecule has 0 fully saturated rings. The summed E-state index contributed by atoms with van der Waals surface area (Å²) in [6.45, 7) is 4.29. The Bertz CT molecular complexity index is 446. The first-order chi connectivity index (χ1) is 8.20. The van der Waals surface area contributed by atoms with Gasteiger partial charge in [-0.25, -0.2) is 0 Å². The summed E-state index contributed by atoms with van der Waals surface area (Å²) >= 11 is 0. The molecule has 0 saturated heterocycles. The zero-order valence-electron chi connectivity index (χ0n) is 10.2. The lowest BCUT2D eigenvalue weighted by molar-refractivity contribution is 0.471. The number of rotatable bonds is 5. The maximum absolute atomic E-state index is 6.02. The van der Waals surface area contributed by atoms with Crippen LogP contribution in [0.2, 0.25) is 0 Å². The molecule has 2 aromatic rings. The van der Waals surface area contributed by atoms with Crippen molar-refractivity contribution >= 4 is 0 Å². The Morgan fingerprint density at radius 1 is 1.53 bits per heavy atom. The Morgan fingerprint density at radius 2 is 2.35 bits per heavy atom. The standard InChI is InChI=1S/C11H18N6/c1-3-8(2)17-5-4-9(15-17)6-10(12)11-7-13-16-14-11/h4-5,7-8,10H,3,6,12H2,1-2H3,(H,13,14,16). The van der Waals surface area contributed by atoms with Crippen LogP contribution < -0.4 is 5.73 Å². The molecule has 6 heteroatoms. The average molecular weight is 234 g/mol. The summed E-state index contributed by atoms with van der Waals surface area (Å²) in [5.41, 5.74) is 7.77. The Hall–Kier alpha value is -1.69. The van der Waals surface area contributed by atoms with E-state index in [2.05, 4.69) is 34.4 Å². The van der Waals surface area contributed by atoms with Gasteiger partial charge in [-0.05, 0) is 19.4 Å². The molecule has 3 N–H and O–H groups in total. The molecule has 2 rings (SSSR count). The summed E-state index contributed by atoms with van der Waals surface area (Å²) in [6.07, 6.45) is 5.39. The number of aromatic amines is 1. The fourth-order valence-corrected chi connectivity index (χ4v) is 1.64. The first-order valence-corrected chi connectivity index (χ1v) is 5.86. The third-order valence-electron chi connectivity index (χ3n) is 2.95. The lowest BCUT2D eigenvalue weighted by Crippen LogP contribution is -2.14. The molecule has 0 spiro atoms. The smallest absolute Gasteiger partial charge is 0.0995 e. The van der Waals surface area contributed by atoms with Gasteiger partial charge < -0.3 is 5.73 Å². The van der Waals surface area contributed by atoms with Crippen LogP contribution in [0.15, 0.2) is 18.5 Å². The van der Waals surface area contributed by atoms with E-state index in [0.717, 1.165) is 17.8 Å². The van der Waals surface area contributed by atoms with Crippen molar-refractivity contribution in [2.24, 2.45) is 5.73 Å². The maximum atomic E-state index is 6.02. The van der Waals surface area contributed by atoms with Gasteiger partial charge in [0.15, 0.2) is 0 Å². The van der Waals surface area contributed by atoms with E-state index in [4.69, 9.17) is 5.73 Å². The molecule has 0 aliphatic rings. The quantitative estimate of drug-likeness (QED) is 0.814. The van der Waals surface area contributed by atoms with Crippen LogP contribution in [0.3, 0.4) is 0 Å². The average Bonchev–Trinajstić information content (AvgIpc) is 2.98. The van der Waals surface area contributed by atoms with Crippen molar-refractivity contribution in [2.75, 3.05) is 0 Å². The molecule has 0 saturated carbocycles. The number of aromatic nitrogens is 5. The molecular formula is C11H18N6. The Balaban J connectivity index is 2.02. The molecule has 17 heavy (non-hydrogen) atoms. The Labute approximate surface area is 100 Å². The Morgan fingerprint density at radius 3 is 3.00 bits per heavy atom. The number of H-pyrrole nitrogens is 1. The van der Waals surface area contributed by atoms with Crippen LogP contribution in [0.4, 0.5) is 0 Å². The lowest BCUT2D eigenvalue weighted by Gasteiger charge is -2.09. The van der Waals surface area contributed by atoms with Crippen molar-refractivity contribution < 1.29 is 0 Å². The van der Waals surface area contributed by atoms with Gasteiger partial charge in [0.2, 0.25) is 0 Å². The number of nitrogens with two attached hydrogens (primary N) is 1. The molecule has 0 aromatic carbocycles. The van der Waals surface area contributed by atoms with Crippen LogP contribution in [0.1, 0.15) is 43.7 Å². The van der Waals surface area contributed by atoms with E-state index in [1.807, 2.05) is 16.9 Å². The van der Waals surface area contributed by atoms with Gasteiger partial charge in [0.1, 0.15) is 0 Å². The van der Waals surface area contributed by atoms with Gasteiger partial charge in [-0.3, -0.25) is 4.68 Å². The summed E-state index contributed by atoms with van der Waals surface area (Å²) in [6, 6.07) is 2.27. The number of nitrogens with one attached hydrogen (secondary N) is 1. The van der Waals surface area contributed by atoms with Gasteiger partial charge in [0.25, 0.3) is 0 Å². The molecule has 92 valence electrons. The van der Waals surface area contributed by atoms with Crippen LogP contribution >= 0.6 is 0 Å². The third-order valence-corrected chi connectivity index (χ3v) is 2.95. The summed E-state index contributed by atoms with van der Waals surface area (Å²) < 4.78 is 1.98. The second-order valence-corrected chi connectivity index (χ2v) is 4.25. The van der Waals surface area contributed by atoms with E-state index < -0.39 is 0 Å². The highest BCUT2D eigenvalue weighted by atomic mass is 15.3. The van der Waals surface area contributed by atoms with Crippen LogP contribution in [-0.2, 0) is 6.42 Å². The number of hydrogen-bond donors (Lipinski definition) is 2. The van der Waals surface area contributed by atoms with Crippen molar-refractivity contribution in [3.8, 4) is 0 Å². The van der Waals surface area contributed by atoms with Gasteiger partial charge in [-0.15, -0.1) is 0 Å². The van der Waals surface area contributed by atoms with Crippen molar-refractivity contribution in [3.05, 3.63) is 29.8 Å². The summed E-state index contributed by atoms with van der Waals surface area (Å²) in [5, 5.41) is 14.8. The van der Waals surface area contributed by atoms with E-state index in [1.165, 1.54) is 0 Å². The predicted molar refractivity (Wildman–Crippen MR) is 64.2 cm³/mol. The topological polar surface area (TPSA) is 85.4 Å². The minimum absolute atomic E-state index is 0.158. The van der Waals surface area contributed by atoms with Gasteiger partial charge in [0.05, 0.1) is 23.6 Å². The summed E-state index contributed by atoms with van der Waals surface area (Å²) in [5.74, 6) is 0. The number of nitrogens with zero attached hydrogens (tertiary/aromatic N) is 4. The molecule has 0 aliphatic heterocycles. The van der Waals surface area contributed by atoms with Crippen molar-refractivity contribution in [1.82, 2.24) is 25.2 Å². The largest absolute Gasteiger partial charge is 0.322 e. The van der Waals surface area contributed by atoms with Crippen molar-refractivity contribution in [1.29, 1.82) is 0 Å². The zero-order valence-corrected chi connectivity index (χ0v) is 10.2. The molecular weight excluding hydrogens is 216 g/mol. The summed E-state index contributed by atoms with van der Waals surface area (Å²) in [7, 11) is 0. The molecule has 0 amide bonds. The van der Waals surface area contributed by atoms with Crippen LogP contribution in [0.5, 0.6) is 0 Å². The fraction of sp³-hybridized carbons (Fsp3) is 0.545. The molecule has 2 aromatic heterocycles. The zero-order chi connectivity index (χ0) is 12.3. The van der Waals surface area contributed by atoms with Crippen molar-refractivity contribution in [2.45, 2.75) is 38.8 Å². The van der Waals surface area contributed by atoms with E-state index in [9.17, 15) is 0 Å². The Kier molecular flexibility index (Phi) is 3.53. The van der Waals surface area contributed by atoms with Crippen molar-refractivity contribution in [3.63, 3.8) is 0 Å². The van der Waals surface area contributed by atoms with Gasteiger partial charge in [-0.1, -0.05) is 6.92 Å². The molecule has 6 nitrogen and oxygen atoms in total. The molecule has 2 heterocycles. The first-order valence-electron chi connectivity index (χ1n) is 5.86. The lowest BCUT2D eigenvalue weighted by atomic mass is 10.1.